The van der Waals surface area contributed by atoms with Crippen LogP contribution in [0.3, 0.4) is 0 Å². The van der Waals surface area contributed by atoms with Gasteiger partial charge < -0.3 is 25.3 Å². The lowest BCUT2D eigenvalue weighted by Crippen LogP contribution is -2.49. The number of guanidine groups is 1. The van der Waals surface area contributed by atoms with Crippen LogP contribution < -0.4 is 16.0 Å². The Morgan fingerprint density at radius 2 is 2.03 bits per heavy atom. The highest BCUT2D eigenvalue weighted by molar-refractivity contribution is 14.0. The zero-order valence-electron chi connectivity index (χ0n) is 16.3. The second-order valence-electron chi connectivity index (χ2n) is 6.46. The molecule has 3 rings (SSSR count). The topological polar surface area (TPSA) is 99.0 Å². The van der Waals surface area contributed by atoms with Crippen molar-refractivity contribution in [2.24, 2.45) is 4.99 Å². The number of aliphatic imine (C=N–C) groups is 1. The Bertz CT molecular complexity index is 821. The highest BCUT2D eigenvalue weighted by Gasteiger charge is 2.22. The molecular formula is C20H26IN5O3. The van der Waals surface area contributed by atoms with Crippen LogP contribution >= 0.6 is 24.0 Å². The zero-order chi connectivity index (χ0) is 19.8. The van der Waals surface area contributed by atoms with E-state index in [1.54, 1.807) is 30.3 Å². The summed E-state index contributed by atoms with van der Waals surface area (Å²) in [6.45, 7) is 2.44. The Morgan fingerprint density at radius 1 is 1.24 bits per heavy atom. The molecule has 1 aromatic heterocycles. The van der Waals surface area contributed by atoms with E-state index < -0.39 is 0 Å². The number of hydrogen-bond donors (Lipinski definition) is 3. The minimum atomic E-state index is -0.121. The molecule has 3 N–H and O–H groups in total. The van der Waals surface area contributed by atoms with Gasteiger partial charge in [0.25, 0.3) is 5.91 Å². The van der Waals surface area contributed by atoms with Crippen molar-refractivity contribution in [3.63, 3.8) is 0 Å². The average molecular weight is 511 g/mol. The Kier molecular flexibility index (Phi) is 8.97. The minimum Gasteiger partial charge on any atom is -0.469 e. The Balaban J connectivity index is 0.00000300. The van der Waals surface area contributed by atoms with Crippen LogP contribution in [0.4, 0.5) is 0 Å². The molecule has 1 aliphatic rings. The quantitative estimate of drug-likeness (QED) is 0.309. The van der Waals surface area contributed by atoms with E-state index in [1.807, 2.05) is 24.3 Å². The van der Waals surface area contributed by atoms with Crippen molar-refractivity contribution in [1.29, 1.82) is 0 Å². The molecule has 1 aliphatic heterocycles. The lowest BCUT2D eigenvalue weighted by atomic mass is 10.1. The van der Waals surface area contributed by atoms with Crippen LogP contribution in [0, 0.1) is 0 Å². The van der Waals surface area contributed by atoms with Gasteiger partial charge in [-0.1, -0.05) is 12.1 Å². The normalized spacial score (nSPS) is 14.0. The van der Waals surface area contributed by atoms with Gasteiger partial charge in [0.2, 0.25) is 5.91 Å². The number of nitrogens with one attached hydrogen (secondary N) is 3. The van der Waals surface area contributed by atoms with Gasteiger partial charge in [-0.3, -0.25) is 14.6 Å². The maximum atomic E-state index is 12.5. The number of piperazine rings is 1. The molecule has 0 unspecified atom stereocenters. The zero-order valence-corrected chi connectivity index (χ0v) is 18.6. The number of carbonyl (C=O) groups is 2. The molecular weight excluding hydrogens is 485 g/mol. The fourth-order valence-electron chi connectivity index (χ4n) is 2.93. The highest BCUT2D eigenvalue weighted by Crippen LogP contribution is 2.09. The number of nitrogens with zero attached hydrogens (tertiary/aromatic N) is 2. The molecule has 1 aromatic carbocycles. The summed E-state index contributed by atoms with van der Waals surface area (Å²) < 4.78 is 5.31. The standard InChI is InChI=1S/C20H25N5O3.HI/c1-21-20(23-9-8-17-3-2-12-28-17)24-13-15-4-6-16(7-5-15)19(27)25-11-10-22-18(26)14-25;/h2-7,12H,8-11,13-14H2,1H3,(H,22,26)(H2,21,23,24);1H. The van der Waals surface area contributed by atoms with E-state index in [2.05, 4.69) is 20.9 Å². The summed E-state index contributed by atoms with van der Waals surface area (Å²) in [4.78, 5) is 29.7. The third kappa shape index (κ3) is 6.77. The molecule has 156 valence electrons. The number of amides is 2. The van der Waals surface area contributed by atoms with E-state index >= 15 is 0 Å². The van der Waals surface area contributed by atoms with Crippen LogP contribution in [0.15, 0.2) is 52.1 Å². The molecule has 0 bridgehead atoms. The summed E-state index contributed by atoms with van der Waals surface area (Å²) in [6.07, 6.45) is 2.44. The average Bonchev–Trinajstić information content (AvgIpc) is 3.24. The van der Waals surface area contributed by atoms with Gasteiger partial charge >= 0.3 is 0 Å². The lowest BCUT2D eigenvalue weighted by molar-refractivity contribution is -0.123. The van der Waals surface area contributed by atoms with Gasteiger partial charge in [-0.05, 0) is 29.8 Å². The molecule has 2 aromatic rings. The monoisotopic (exact) mass is 511 g/mol. The molecule has 2 heterocycles. The van der Waals surface area contributed by atoms with E-state index in [1.165, 1.54) is 0 Å². The number of carbonyl (C=O) groups excluding carboxylic acids is 2. The smallest absolute Gasteiger partial charge is 0.254 e. The predicted octanol–water partition coefficient (Wildman–Crippen LogP) is 1.38. The van der Waals surface area contributed by atoms with Crippen molar-refractivity contribution in [3.8, 4) is 0 Å². The van der Waals surface area contributed by atoms with Gasteiger partial charge in [-0.25, -0.2) is 0 Å². The van der Waals surface area contributed by atoms with Crippen molar-refractivity contribution in [2.45, 2.75) is 13.0 Å². The first-order chi connectivity index (χ1) is 13.7. The molecule has 9 heteroatoms. The van der Waals surface area contributed by atoms with E-state index in [9.17, 15) is 9.59 Å². The number of hydrogen-bond acceptors (Lipinski definition) is 4. The summed E-state index contributed by atoms with van der Waals surface area (Å²) in [5, 5.41) is 9.20. The molecule has 0 saturated carbocycles. The Morgan fingerprint density at radius 3 is 2.69 bits per heavy atom. The molecule has 2 amide bonds. The second kappa shape index (κ2) is 11.4. The van der Waals surface area contributed by atoms with E-state index in [4.69, 9.17) is 4.42 Å². The van der Waals surface area contributed by atoms with Gasteiger partial charge in [0.15, 0.2) is 5.96 Å². The summed E-state index contributed by atoms with van der Waals surface area (Å²) in [6, 6.07) is 11.2. The number of halogens is 1. The molecule has 8 nitrogen and oxygen atoms in total. The van der Waals surface area contributed by atoms with Crippen molar-refractivity contribution in [3.05, 3.63) is 59.5 Å². The van der Waals surface area contributed by atoms with Gasteiger partial charge in [0, 0.05) is 45.2 Å². The molecule has 0 atom stereocenters. The fraction of sp³-hybridized carbons (Fsp3) is 0.350. The number of furan rings is 1. The number of rotatable bonds is 6. The maximum Gasteiger partial charge on any atom is 0.254 e. The first-order valence-corrected chi connectivity index (χ1v) is 9.27. The van der Waals surface area contributed by atoms with E-state index in [-0.39, 0.29) is 42.3 Å². The maximum absolute atomic E-state index is 12.5. The first-order valence-electron chi connectivity index (χ1n) is 9.27. The van der Waals surface area contributed by atoms with Crippen molar-refractivity contribution in [1.82, 2.24) is 20.9 Å². The Hall–Kier alpha value is -2.56. The minimum absolute atomic E-state index is 0. The van der Waals surface area contributed by atoms with Crippen LogP contribution in [0.2, 0.25) is 0 Å². The van der Waals surface area contributed by atoms with Crippen LogP contribution in [0.1, 0.15) is 21.7 Å². The van der Waals surface area contributed by atoms with E-state index in [0.29, 0.717) is 37.7 Å². The van der Waals surface area contributed by atoms with Crippen LogP contribution in [-0.4, -0.2) is 55.9 Å². The number of benzene rings is 1. The van der Waals surface area contributed by atoms with Crippen LogP contribution in [0.5, 0.6) is 0 Å². The summed E-state index contributed by atoms with van der Waals surface area (Å²) in [5.41, 5.74) is 1.61. The van der Waals surface area contributed by atoms with Crippen molar-refractivity contribution in [2.75, 3.05) is 33.2 Å². The molecule has 1 fully saturated rings. The van der Waals surface area contributed by atoms with Crippen molar-refractivity contribution < 1.29 is 14.0 Å². The SMILES string of the molecule is CN=C(NCCc1ccco1)NCc1ccc(C(=O)N2CCNC(=O)C2)cc1.I. The summed E-state index contributed by atoms with van der Waals surface area (Å²) >= 11 is 0. The van der Waals surface area contributed by atoms with Gasteiger partial charge in [-0.15, -0.1) is 24.0 Å². The van der Waals surface area contributed by atoms with E-state index in [0.717, 1.165) is 17.7 Å². The fourth-order valence-corrected chi connectivity index (χ4v) is 2.93. The van der Waals surface area contributed by atoms with Crippen molar-refractivity contribution >= 4 is 41.8 Å². The Labute approximate surface area is 187 Å². The predicted molar refractivity (Wildman–Crippen MR) is 121 cm³/mol. The van der Waals surface area contributed by atoms with Gasteiger partial charge in [0.1, 0.15) is 5.76 Å². The third-order valence-electron chi connectivity index (χ3n) is 4.45. The highest BCUT2D eigenvalue weighted by atomic mass is 127. The van der Waals surface area contributed by atoms with Crippen LogP contribution in [0.25, 0.3) is 0 Å². The molecule has 0 spiro atoms. The molecule has 0 radical (unpaired) electrons. The second-order valence-corrected chi connectivity index (χ2v) is 6.46. The molecule has 0 aliphatic carbocycles. The summed E-state index contributed by atoms with van der Waals surface area (Å²) in [5.74, 6) is 1.39. The van der Waals surface area contributed by atoms with Crippen LogP contribution in [-0.2, 0) is 17.8 Å². The largest absolute Gasteiger partial charge is 0.469 e. The lowest BCUT2D eigenvalue weighted by Gasteiger charge is -2.26. The molecule has 29 heavy (non-hydrogen) atoms. The molecule has 1 saturated heterocycles. The van der Waals surface area contributed by atoms with Gasteiger partial charge in [-0.2, -0.15) is 0 Å². The van der Waals surface area contributed by atoms with Gasteiger partial charge in [0.05, 0.1) is 12.8 Å². The summed E-state index contributed by atoms with van der Waals surface area (Å²) in [7, 11) is 1.72. The third-order valence-corrected chi connectivity index (χ3v) is 4.45. The first kappa shape index (κ1) is 22.7.